The fourth-order valence-corrected chi connectivity index (χ4v) is 3.91. The van der Waals surface area contributed by atoms with Gasteiger partial charge in [-0.05, 0) is 44.0 Å². The third-order valence-electron chi connectivity index (χ3n) is 5.39. The maximum atomic E-state index is 14.4. The van der Waals surface area contributed by atoms with Gasteiger partial charge in [-0.3, -0.25) is 5.10 Å². The van der Waals surface area contributed by atoms with E-state index in [1.807, 2.05) is 17.9 Å². The Morgan fingerprint density at radius 1 is 1.23 bits per heavy atom. The molecule has 4 aromatic rings. The number of hydrogen-bond acceptors (Lipinski definition) is 6. The topological polar surface area (TPSA) is 101 Å². The summed E-state index contributed by atoms with van der Waals surface area (Å²) in [5.41, 5.74) is 7.44. The highest BCUT2D eigenvalue weighted by Gasteiger charge is 2.30. The van der Waals surface area contributed by atoms with Crippen molar-refractivity contribution in [2.24, 2.45) is 5.73 Å². The van der Waals surface area contributed by atoms with E-state index in [9.17, 15) is 8.78 Å². The zero-order valence-corrected chi connectivity index (χ0v) is 16.3. The first-order valence-electron chi connectivity index (χ1n) is 9.75. The lowest BCUT2D eigenvalue weighted by Crippen LogP contribution is -2.24. The summed E-state index contributed by atoms with van der Waals surface area (Å²) in [6, 6.07) is 4.84. The van der Waals surface area contributed by atoms with Crippen LogP contribution in [0, 0.1) is 11.6 Å². The first-order valence-corrected chi connectivity index (χ1v) is 9.75. The Morgan fingerprint density at radius 2 is 2.10 bits per heavy atom. The minimum atomic E-state index is -0.450. The molecule has 5 rings (SSSR count). The van der Waals surface area contributed by atoms with Crippen molar-refractivity contribution >= 4 is 11.5 Å². The molecule has 4 heterocycles. The number of nitrogens with zero attached hydrogens (tertiary/aromatic N) is 6. The van der Waals surface area contributed by atoms with E-state index in [0.29, 0.717) is 40.8 Å². The third kappa shape index (κ3) is 3.09. The van der Waals surface area contributed by atoms with Crippen LogP contribution >= 0.6 is 0 Å². The Labute approximate surface area is 170 Å². The van der Waals surface area contributed by atoms with E-state index in [4.69, 9.17) is 10.7 Å². The third-order valence-corrected chi connectivity index (χ3v) is 5.39. The molecule has 0 bridgehead atoms. The van der Waals surface area contributed by atoms with Crippen LogP contribution in [0.1, 0.15) is 43.2 Å². The van der Waals surface area contributed by atoms with E-state index in [-0.39, 0.29) is 12.1 Å². The summed E-state index contributed by atoms with van der Waals surface area (Å²) in [5.74, 6) is 0.828. The second-order valence-corrected chi connectivity index (χ2v) is 7.46. The lowest BCUT2D eigenvalue weighted by Gasteiger charge is -2.26. The van der Waals surface area contributed by atoms with Crippen molar-refractivity contribution in [2.75, 3.05) is 11.4 Å². The quantitative estimate of drug-likeness (QED) is 0.536. The first kappa shape index (κ1) is 18.6. The highest BCUT2D eigenvalue weighted by molar-refractivity contribution is 5.73. The first-order chi connectivity index (χ1) is 14.5. The number of aromatic amines is 1. The van der Waals surface area contributed by atoms with E-state index in [2.05, 4.69) is 20.3 Å². The molecule has 0 saturated carbocycles. The van der Waals surface area contributed by atoms with E-state index in [1.165, 1.54) is 12.1 Å². The predicted molar refractivity (Wildman–Crippen MR) is 107 cm³/mol. The average molecular weight is 410 g/mol. The molecule has 30 heavy (non-hydrogen) atoms. The van der Waals surface area contributed by atoms with Gasteiger partial charge < -0.3 is 10.6 Å². The number of anilines is 1. The van der Waals surface area contributed by atoms with E-state index >= 15 is 0 Å². The van der Waals surface area contributed by atoms with Crippen LogP contribution in [-0.4, -0.2) is 36.3 Å². The summed E-state index contributed by atoms with van der Waals surface area (Å²) < 4.78 is 29.8. The Balaban J connectivity index is 1.55. The van der Waals surface area contributed by atoms with Crippen LogP contribution in [0.5, 0.6) is 0 Å². The average Bonchev–Trinajstić information content (AvgIpc) is 3.47. The monoisotopic (exact) mass is 410 g/mol. The van der Waals surface area contributed by atoms with Crippen molar-refractivity contribution in [3.05, 3.63) is 59.7 Å². The molecule has 3 N–H and O–H groups in total. The highest BCUT2D eigenvalue weighted by Crippen LogP contribution is 2.37. The van der Waals surface area contributed by atoms with Crippen LogP contribution in [0.2, 0.25) is 0 Å². The number of halogens is 2. The number of aromatic nitrogens is 6. The van der Waals surface area contributed by atoms with Crippen molar-refractivity contribution < 1.29 is 8.78 Å². The molecule has 2 atom stereocenters. The summed E-state index contributed by atoms with van der Waals surface area (Å²) in [6.45, 7) is 2.51. The van der Waals surface area contributed by atoms with Crippen molar-refractivity contribution in [2.45, 2.75) is 31.8 Å². The summed E-state index contributed by atoms with van der Waals surface area (Å²) in [6.07, 6.45) is 5.02. The summed E-state index contributed by atoms with van der Waals surface area (Å²) in [7, 11) is 0. The number of rotatable bonds is 4. The van der Waals surface area contributed by atoms with E-state index in [1.54, 1.807) is 16.9 Å². The summed E-state index contributed by atoms with van der Waals surface area (Å²) in [5, 5.41) is 11.4. The maximum absolute atomic E-state index is 14.4. The van der Waals surface area contributed by atoms with Crippen LogP contribution in [0.25, 0.3) is 17.0 Å². The van der Waals surface area contributed by atoms with Gasteiger partial charge in [-0.15, -0.1) is 0 Å². The van der Waals surface area contributed by atoms with Crippen molar-refractivity contribution in [1.29, 1.82) is 0 Å². The molecular formula is C20H20F2N8. The van der Waals surface area contributed by atoms with Gasteiger partial charge in [0.1, 0.15) is 23.3 Å². The number of H-pyrrole nitrogens is 1. The Hall–Kier alpha value is -3.40. The molecular weight excluding hydrogens is 390 g/mol. The molecule has 154 valence electrons. The standard InChI is InChI=1S/C20H20F2N8/c1-11(23)18-26-19(28-27-18)14-10-24-30-8-6-17(25-20(14)30)29-7-2-3-16(29)13-9-12(21)4-5-15(13)22/h4-6,8-11,16H,2-3,7,23H2,1H3,(H,26,27,28)/t11-,16+/m0/s1. The highest BCUT2D eigenvalue weighted by atomic mass is 19.1. The molecule has 1 aliphatic rings. The minimum Gasteiger partial charge on any atom is -0.349 e. The molecule has 3 aromatic heterocycles. The molecule has 1 fully saturated rings. The molecule has 0 spiro atoms. The Bertz CT molecular complexity index is 1210. The lowest BCUT2D eigenvalue weighted by atomic mass is 10.0. The molecule has 1 aliphatic heterocycles. The van der Waals surface area contributed by atoms with E-state index in [0.717, 1.165) is 18.9 Å². The summed E-state index contributed by atoms with van der Waals surface area (Å²) in [4.78, 5) is 11.2. The van der Waals surface area contributed by atoms with Crippen LogP contribution in [0.15, 0.2) is 36.7 Å². The molecule has 8 nitrogen and oxygen atoms in total. The van der Waals surface area contributed by atoms with Gasteiger partial charge in [0.15, 0.2) is 11.5 Å². The summed E-state index contributed by atoms with van der Waals surface area (Å²) >= 11 is 0. The zero-order chi connectivity index (χ0) is 20.8. The van der Waals surface area contributed by atoms with Crippen LogP contribution in [-0.2, 0) is 0 Å². The maximum Gasteiger partial charge on any atom is 0.186 e. The SMILES string of the molecule is C[C@H](N)c1nc(-c2cnn3ccc(N4CCC[C@@H]4c4cc(F)ccc4F)nc23)n[nH]1. The smallest absolute Gasteiger partial charge is 0.186 e. The van der Waals surface area contributed by atoms with Gasteiger partial charge in [-0.1, -0.05) is 0 Å². The molecule has 0 amide bonds. The van der Waals surface area contributed by atoms with Gasteiger partial charge in [-0.2, -0.15) is 10.2 Å². The second kappa shape index (κ2) is 7.13. The molecule has 0 radical (unpaired) electrons. The van der Waals surface area contributed by atoms with Gasteiger partial charge >= 0.3 is 0 Å². The molecule has 10 heteroatoms. The fourth-order valence-electron chi connectivity index (χ4n) is 3.91. The molecule has 0 aliphatic carbocycles. The van der Waals surface area contributed by atoms with Crippen LogP contribution < -0.4 is 10.6 Å². The van der Waals surface area contributed by atoms with Crippen LogP contribution in [0.4, 0.5) is 14.6 Å². The fraction of sp³-hybridized carbons (Fsp3) is 0.300. The van der Waals surface area contributed by atoms with Gasteiger partial charge in [0, 0.05) is 18.3 Å². The Morgan fingerprint density at radius 3 is 2.90 bits per heavy atom. The number of hydrogen-bond donors (Lipinski definition) is 2. The van der Waals surface area contributed by atoms with E-state index < -0.39 is 11.6 Å². The van der Waals surface area contributed by atoms with Gasteiger partial charge in [0.2, 0.25) is 0 Å². The lowest BCUT2D eigenvalue weighted by molar-refractivity contribution is 0.560. The van der Waals surface area contributed by atoms with Crippen molar-refractivity contribution in [1.82, 2.24) is 29.8 Å². The zero-order valence-electron chi connectivity index (χ0n) is 16.3. The minimum absolute atomic E-state index is 0.275. The van der Waals surface area contributed by atoms with Gasteiger partial charge in [-0.25, -0.2) is 23.3 Å². The number of benzene rings is 1. The van der Waals surface area contributed by atoms with Crippen molar-refractivity contribution in [3.63, 3.8) is 0 Å². The normalized spacial score (nSPS) is 17.7. The molecule has 0 unspecified atom stereocenters. The van der Waals surface area contributed by atoms with Crippen LogP contribution in [0.3, 0.4) is 0 Å². The number of fused-ring (bicyclic) bond motifs is 1. The Kier molecular flexibility index (Phi) is 4.43. The van der Waals surface area contributed by atoms with Crippen molar-refractivity contribution in [3.8, 4) is 11.4 Å². The molecule has 1 aromatic carbocycles. The number of nitrogens with two attached hydrogens (primary N) is 1. The second-order valence-electron chi connectivity index (χ2n) is 7.46. The largest absolute Gasteiger partial charge is 0.349 e. The number of nitrogens with one attached hydrogen (secondary N) is 1. The van der Waals surface area contributed by atoms with Gasteiger partial charge in [0.25, 0.3) is 0 Å². The molecule has 1 saturated heterocycles. The van der Waals surface area contributed by atoms with Gasteiger partial charge in [0.05, 0.1) is 23.8 Å². The predicted octanol–water partition coefficient (Wildman–Crippen LogP) is 3.15.